The molecule has 0 bridgehead atoms. The third kappa shape index (κ3) is 6.54. The molecule has 0 unspecified atom stereocenters. The summed E-state index contributed by atoms with van der Waals surface area (Å²) < 4.78 is 16.6. The highest BCUT2D eigenvalue weighted by Crippen LogP contribution is 2.18. The van der Waals surface area contributed by atoms with E-state index in [0.717, 1.165) is 0 Å². The molecule has 0 atom stereocenters. The van der Waals surface area contributed by atoms with Crippen LogP contribution in [0.15, 0.2) is 35.4 Å². The predicted octanol–water partition coefficient (Wildman–Crippen LogP) is 2.76. The Morgan fingerprint density at radius 1 is 1.25 bits per heavy atom. The van der Waals surface area contributed by atoms with Gasteiger partial charge in [0.25, 0.3) is 0 Å². The molecule has 1 aromatic rings. The highest BCUT2D eigenvalue weighted by molar-refractivity contribution is 8.04. The topological polar surface area (TPSA) is 83.9 Å². The lowest BCUT2D eigenvalue weighted by Gasteiger charge is -2.21. The average Bonchev–Trinajstić information content (AvgIpc) is 2.46. The van der Waals surface area contributed by atoms with E-state index in [1.54, 1.807) is 31.2 Å². The number of benzene rings is 1. The summed E-state index contributed by atoms with van der Waals surface area (Å²) in [5.41, 5.74) is 1.01. The zero-order valence-corrected chi connectivity index (χ0v) is 15.3. The Bertz CT molecular complexity index is 660. The molecule has 1 N–H and O–H groups in total. The van der Waals surface area contributed by atoms with Crippen molar-refractivity contribution in [3.05, 3.63) is 41.0 Å². The van der Waals surface area contributed by atoms with Crippen molar-refractivity contribution in [3.63, 3.8) is 0 Å². The van der Waals surface area contributed by atoms with Crippen LogP contribution in [0.3, 0.4) is 0 Å². The summed E-state index contributed by atoms with van der Waals surface area (Å²) >= 11 is 0. The first-order chi connectivity index (χ1) is 11.1. The number of nitrogens with zero attached hydrogens (tertiary/aromatic N) is 1. The van der Waals surface area contributed by atoms with Crippen LogP contribution in [-0.2, 0) is 23.7 Å². The van der Waals surface area contributed by atoms with Gasteiger partial charge in [0.05, 0.1) is 12.2 Å². The molecule has 0 saturated carbocycles. The molecule has 24 heavy (non-hydrogen) atoms. The fourth-order valence-corrected chi connectivity index (χ4v) is 2.85. The quantitative estimate of drug-likeness (QED) is 0.462. The molecule has 0 radical (unpaired) electrons. The highest BCUT2D eigenvalue weighted by Gasteiger charge is 2.16. The normalized spacial score (nSPS) is 11.9. The second-order valence-corrected chi connectivity index (χ2v) is 8.46. The summed E-state index contributed by atoms with van der Waals surface area (Å²) in [5, 5.41) is 11.1. The van der Waals surface area contributed by atoms with Gasteiger partial charge < -0.3 is 14.7 Å². The lowest BCUT2D eigenvalue weighted by Crippen LogP contribution is -2.29. The van der Waals surface area contributed by atoms with Crippen LogP contribution in [0, 0.1) is 0 Å². The van der Waals surface area contributed by atoms with Gasteiger partial charge in [0.2, 0.25) is 5.91 Å². The van der Waals surface area contributed by atoms with Crippen LogP contribution >= 0.6 is 0 Å². The number of aliphatic hydroxyl groups excluding tert-OH is 1. The van der Waals surface area contributed by atoms with Crippen LogP contribution in [0.25, 0.3) is 0 Å². The first kappa shape index (κ1) is 19.9. The van der Waals surface area contributed by atoms with Crippen molar-refractivity contribution in [1.82, 2.24) is 0 Å². The molecule has 1 rings (SSSR count). The number of hydrogen-bond acceptors (Lipinski definition) is 5. The number of rotatable bonds is 7. The minimum atomic E-state index is -2.19. The lowest BCUT2D eigenvalue weighted by molar-refractivity contribution is -0.116. The lowest BCUT2D eigenvalue weighted by atomic mass is 10.2. The van der Waals surface area contributed by atoms with E-state index in [1.807, 2.05) is 0 Å². The fraction of sp³-hybridized carbons (Fsp3) is 0.412. The number of esters is 1. The van der Waals surface area contributed by atoms with Gasteiger partial charge in [-0.15, -0.1) is 4.21 Å². The van der Waals surface area contributed by atoms with Crippen LogP contribution < -0.4 is 4.90 Å². The Morgan fingerprint density at radius 2 is 1.83 bits per heavy atom. The Hall–Kier alpha value is -2.15. The molecule has 0 aromatic heterocycles. The Morgan fingerprint density at radius 3 is 2.29 bits per heavy atom. The smallest absolute Gasteiger partial charge is 0.338 e. The van der Waals surface area contributed by atoms with Gasteiger partial charge in [-0.05, 0) is 31.2 Å². The van der Waals surface area contributed by atoms with E-state index in [4.69, 9.17) is 4.74 Å². The van der Waals surface area contributed by atoms with Crippen LogP contribution in [0.2, 0.25) is 0 Å². The number of aliphatic hydroxyl groups is 1. The molecule has 1 amide bonds. The molecule has 0 aliphatic heterocycles. The third-order valence-corrected chi connectivity index (χ3v) is 3.92. The van der Waals surface area contributed by atoms with Gasteiger partial charge in [-0.2, -0.15) is 0 Å². The number of carbonyl (C=O) groups excluding carboxylic acids is 2. The molecule has 0 saturated heterocycles. The third-order valence-electron chi connectivity index (χ3n) is 3.08. The predicted molar refractivity (Wildman–Crippen MR) is 95.7 cm³/mol. The van der Waals surface area contributed by atoms with Gasteiger partial charge in [-0.25, -0.2) is 4.79 Å². The average molecular weight is 354 g/mol. The van der Waals surface area contributed by atoms with E-state index in [1.165, 1.54) is 29.7 Å². The maximum Gasteiger partial charge on any atom is 0.338 e. The minimum absolute atomic E-state index is 0.0145. The molecule has 1 aromatic carbocycles. The maximum absolute atomic E-state index is 11.8. The Balaban J connectivity index is 2.86. The van der Waals surface area contributed by atoms with Crippen LogP contribution in [0.5, 0.6) is 0 Å². The van der Waals surface area contributed by atoms with Crippen molar-refractivity contribution in [3.8, 4) is 0 Å². The van der Waals surface area contributed by atoms with Crippen LogP contribution in [0.4, 0.5) is 5.69 Å². The second kappa shape index (κ2) is 8.63. The second-order valence-electron chi connectivity index (χ2n) is 5.61. The molecule has 7 heteroatoms. The number of hydrogen-bond donors (Lipinski definition) is 1. The molecule has 0 aliphatic carbocycles. The summed E-state index contributed by atoms with van der Waals surface area (Å²) in [6, 6.07) is 6.47. The Labute approximate surface area is 143 Å². The largest absolute Gasteiger partial charge is 0.508 e. The molecular weight excluding hydrogens is 330 g/mol. The first-order valence-electron chi connectivity index (χ1n) is 7.53. The van der Waals surface area contributed by atoms with E-state index in [2.05, 4.69) is 0 Å². The van der Waals surface area contributed by atoms with Crippen molar-refractivity contribution in [1.29, 1.82) is 0 Å². The van der Waals surface area contributed by atoms with Crippen molar-refractivity contribution in [2.45, 2.75) is 20.3 Å². The SMILES string of the molecule is CCOC(=O)c1ccc(N(CC/C(O)=C/[S+](C)(C)=O)C(C)=O)cc1. The van der Waals surface area contributed by atoms with Crippen molar-refractivity contribution >= 4 is 27.5 Å². The van der Waals surface area contributed by atoms with Gasteiger partial charge in [-0.1, -0.05) is 0 Å². The molecule has 0 fully saturated rings. The monoisotopic (exact) mass is 354 g/mol. The summed E-state index contributed by atoms with van der Waals surface area (Å²) in [4.78, 5) is 25.0. The standard InChI is InChI=1S/C17H23NO5S/c1-5-23-17(21)14-6-8-15(9-7-14)18(13(2)19)11-10-16(20)12-24(3,4)22/h6-9,12H,5,10-11H2,1-4H3/p+1. The van der Waals surface area contributed by atoms with Gasteiger partial charge in [0.1, 0.15) is 28.2 Å². The maximum atomic E-state index is 11.8. The minimum Gasteiger partial charge on any atom is -0.508 e. The van der Waals surface area contributed by atoms with Gasteiger partial charge in [0, 0.05) is 25.6 Å². The van der Waals surface area contributed by atoms with Gasteiger partial charge >= 0.3 is 5.97 Å². The van der Waals surface area contributed by atoms with Crippen LogP contribution in [-0.4, -0.2) is 42.6 Å². The summed E-state index contributed by atoms with van der Waals surface area (Å²) in [6.45, 7) is 3.69. The molecule has 0 spiro atoms. The number of carbonyl (C=O) groups is 2. The van der Waals surface area contributed by atoms with E-state index < -0.39 is 15.9 Å². The summed E-state index contributed by atoms with van der Waals surface area (Å²) in [7, 11) is -2.19. The summed E-state index contributed by atoms with van der Waals surface area (Å²) in [5.74, 6) is -0.625. The number of anilines is 1. The fourth-order valence-electron chi connectivity index (χ4n) is 2.07. The molecule has 0 aliphatic rings. The van der Waals surface area contributed by atoms with E-state index in [-0.39, 0.29) is 24.6 Å². The zero-order valence-electron chi connectivity index (χ0n) is 14.4. The Kier molecular flexibility index (Phi) is 7.16. The number of ether oxygens (including phenoxy) is 1. The van der Waals surface area contributed by atoms with Crippen molar-refractivity contribution in [2.75, 3.05) is 30.6 Å². The molecule has 6 nitrogen and oxygen atoms in total. The van der Waals surface area contributed by atoms with E-state index in [0.29, 0.717) is 17.9 Å². The summed E-state index contributed by atoms with van der Waals surface area (Å²) in [6.07, 6.45) is 3.25. The molecular formula is C17H24NO5S+. The van der Waals surface area contributed by atoms with E-state index in [9.17, 15) is 18.9 Å². The zero-order chi connectivity index (χ0) is 18.3. The van der Waals surface area contributed by atoms with Crippen LogP contribution in [0.1, 0.15) is 30.6 Å². The first-order valence-corrected chi connectivity index (χ1v) is 9.97. The molecule has 132 valence electrons. The van der Waals surface area contributed by atoms with Crippen molar-refractivity contribution < 1.29 is 23.6 Å². The van der Waals surface area contributed by atoms with Crippen molar-refractivity contribution in [2.24, 2.45) is 0 Å². The van der Waals surface area contributed by atoms with Gasteiger partial charge in [0.15, 0.2) is 5.41 Å². The van der Waals surface area contributed by atoms with E-state index >= 15 is 0 Å². The molecule has 0 heterocycles. The van der Waals surface area contributed by atoms with Gasteiger partial charge in [-0.3, -0.25) is 4.79 Å². The number of amides is 1. The highest BCUT2D eigenvalue weighted by atomic mass is 32.2.